The lowest BCUT2D eigenvalue weighted by Gasteiger charge is -2.11. The van der Waals surface area contributed by atoms with Gasteiger partial charge in [-0.1, -0.05) is 19.1 Å². The van der Waals surface area contributed by atoms with Gasteiger partial charge in [0, 0.05) is 0 Å². The van der Waals surface area contributed by atoms with E-state index >= 15 is 0 Å². The highest BCUT2D eigenvalue weighted by Gasteiger charge is 2.04. The van der Waals surface area contributed by atoms with E-state index in [0.717, 1.165) is 6.42 Å². The summed E-state index contributed by atoms with van der Waals surface area (Å²) in [7, 11) is 0. The van der Waals surface area contributed by atoms with Crippen LogP contribution in [0, 0.1) is 33.8 Å². The Morgan fingerprint density at radius 3 is 2.29 bits per heavy atom. The van der Waals surface area contributed by atoms with Crippen molar-refractivity contribution in [1.82, 2.24) is 0 Å². The molecule has 0 heteroatoms. The molecule has 0 nitrogen and oxygen atoms in total. The Kier molecular flexibility index (Phi) is 3.51. The van der Waals surface area contributed by atoms with Crippen LogP contribution in [0.5, 0.6) is 0 Å². The van der Waals surface area contributed by atoms with Gasteiger partial charge in [-0.3, -0.25) is 0 Å². The molecule has 14 heavy (non-hydrogen) atoms. The van der Waals surface area contributed by atoms with Gasteiger partial charge in [-0.2, -0.15) is 0 Å². The van der Waals surface area contributed by atoms with Crippen LogP contribution in [0.2, 0.25) is 0 Å². The van der Waals surface area contributed by atoms with Crippen molar-refractivity contribution in [3.05, 3.63) is 46.0 Å². The van der Waals surface area contributed by atoms with E-state index < -0.39 is 0 Å². The Bertz CT molecular complexity index is 357. The van der Waals surface area contributed by atoms with E-state index in [-0.39, 0.29) is 0 Å². The third-order valence-electron chi connectivity index (χ3n) is 2.94. The summed E-state index contributed by atoms with van der Waals surface area (Å²) < 4.78 is 0. The molecule has 1 rings (SSSR count). The lowest BCUT2D eigenvalue weighted by Crippen LogP contribution is -1.94. The predicted octanol–water partition coefficient (Wildman–Crippen LogP) is 4.04. The summed E-state index contributed by atoms with van der Waals surface area (Å²) in [5, 5.41) is 0. The smallest absolute Gasteiger partial charge is 0.0146 e. The van der Waals surface area contributed by atoms with E-state index in [2.05, 4.69) is 52.8 Å². The molecule has 0 amide bonds. The molecule has 0 bridgehead atoms. The van der Waals surface area contributed by atoms with Gasteiger partial charge in [0.15, 0.2) is 0 Å². The Hall–Kier alpha value is -1.04. The van der Waals surface area contributed by atoms with Crippen molar-refractivity contribution >= 4 is 0 Å². The van der Waals surface area contributed by atoms with Crippen molar-refractivity contribution in [1.29, 1.82) is 0 Å². The van der Waals surface area contributed by atoms with Crippen molar-refractivity contribution < 1.29 is 0 Å². The summed E-state index contributed by atoms with van der Waals surface area (Å²) in [5.41, 5.74) is 6.77. The van der Waals surface area contributed by atoms with E-state index in [1.165, 1.54) is 27.8 Å². The summed E-state index contributed by atoms with van der Waals surface area (Å²) in [6, 6.07) is 2.23. The summed E-state index contributed by atoms with van der Waals surface area (Å²) in [5.74, 6) is 0. The second-order valence-electron chi connectivity index (χ2n) is 3.87. The summed E-state index contributed by atoms with van der Waals surface area (Å²) in [6.07, 6.45) is 6.49. The first-order valence-electron chi connectivity index (χ1n) is 5.23. The van der Waals surface area contributed by atoms with Gasteiger partial charge in [0.05, 0.1) is 0 Å². The Balaban J connectivity index is 3.26. The maximum absolute atomic E-state index is 3.35. The third-order valence-corrected chi connectivity index (χ3v) is 2.94. The minimum absolute atomic E-state index is 1.05. The van der Waals surface area contributed by atoms with Gasteiger partial charge in [0.1, 0.15) is 0 Å². The van der Waals surface area contributed by atoms with Gasteiger partial charge >= 0.3 is 0 Å². The third kappa shape index (κ3) is 2.06. The Labute approximate surface area is 87.7 Å². The van der Waals surface area contributed by atoms with E-state index in [4.69, 9.17) is 0 Å². The number of hydrogen-bond donors (Lipinski definition) is 0. The molecule has 0 heterocycles. The topological polar surface area (TPSA) is 0 Å². The quantitative estimate of drug-likeness (QED) is 0.655. The first-order valence-corrected chi connectivity index (χ1v) is 5.23. The normalized spacial score (nSPS) is 11.2. The fourth-order valence-corrected chi connectivity index (χ4v) is 1.57. The van der Waals surface area contributed by atoms with Gasteiger partial charge in [-0.05, 0) is 68.0 Å². The molecular formula is C14H19. The lowest BCUT2D eigenvalue weighted by atomic mass is 9.94. The zero-order chi connectivity index (χ0) is 10.7. The SMILES string of the molecule is CC/C=[C]\c1cc(C)c(C)c(C)c1C. The molecule has 1 aromatic carbocycles. The van der Waals surface area contributed by atoms with E-state index in [0.29, 0.717) is 0 Å². The summed E-state index contributed by atoms with van der Waals surface area (Å²) in [6.45, 7) is 10.8. The van der Waals surface area contributed by atoms with Gasteiger partial charge < -0.3 is 0 Å². The molecule has 0 saturated heterocycles. The molecule has 0 N–H and O–H groups in total. The number of hydrogen-bond acceptors (Lipinski definition) is 0. The predicted molar refractivity (Wildman–Crippen MR) is 62.6 cm³/mol. The van der Waals surface area contributed by atoms with Gasteiger partial charge in [0.2, 0.25) is 0 Å². The molecule has 75 valence electrons. The molecule has 0 unspecified atom stereocenters. The zero-order valence-electron chi connectivity index (χ0n) is 9.86. The number of benzene rings is 1. The highest BCUT2D eigenvalue weighted by Crippen LogP contribution is 2.21. The molecule has 0 aromatic heterocycles. The fraction of sp³-hybridized carbons (Fsp3) is 0.429. The van der Waals surface area contributed by atoms with Crippen molar-refractivity contribution in [2.24, 2.45) is 0 Å². The van der Waals surface area contributed by atoms with Crippen LogP contribution in [0.1, 0.15) is 41.2 Å². The minimum Gasteiger partial charge on any atom is -0.0763 e. The van der Waals surface area contributed by atoms with Crippen LogP contribution in [0.4, 0.5) is 0 Å². The Morgan fingerprint density at radius 2 is 1.71 bits per heavy atom. The maximum atomic E-state index is 3.35. The van der Waals surface area contributed by atoms with Crippen molar-refractivity contribution in [2.75, 3.05) is 0 Å². The molecule has 0 fully saturated rings. The first-order chi connectivity index (χ1) is 6.57. The van der Waals surface area contributed by atoms with Crippen LogP contribution in [0.3, 0.4) is 0 Å². The molecule has 1 radical (unpaired) electrons. The fourth-order valence-electron chi connectivity index (χ4n) is 1.57. The number of aryl methyl sites for hydroxylation is 1. The molecule has 1 aromatic rings. The monoisotopic (exact) mass is 187 g/mol. The second kappa shape index (κ2) is 4.45. The van der Waals surface area contributed by atoms with Crippen LogP contribution in [0.25, 0.3) is 0 Å². The van der Waals surface area contributed by atoms with Gasteiger partial charge in [-0.25, -0.2) is 0 Å². The largest absolute Gasteiger partial charge is 0.0763 e. The minimum atomic E-state index is 1.05. The van der Waals surface area contributed by atoms with E-state index in [9.17, 15) is 0 Å². The summed E-state index contributed by atoms with van der Waals surface area (Å²) in [4.78, 5) is 0. The van der Waals surface area contributed by atoms with Crippen LogP contribution in [-0.2, 0) is 0 Å². The average Bonchev–Trinajstić information content (AvgIpc) is 2.18. The number of allylic oxidation sites excluding steroid dienone is 1. The van der Waals surface area contributed by atoms with Crippen molar-refractivity contribution in [2.45, 2.75) is 41.0 Å². The molecule has 0 atom stereocenters. The Morgan fingerprint density at radius 1 is 1.07 bits per heavy atom. The van der Waals surface area contributed by atoms with Gasteiger partial charge in [-0.15, -0.1) is 0 Å². The van der Waals surface area contributed by atoms with Crippen LogP contribution in [-0.4, -0.2) is 0 Å². The highest BCUT2D eigenvalue weighted by atomic mass is 14.1. The van der Waals surface area contributed by atoms with Crippen molar-refractivity contribution in [3.63, 3.8) is 0 Å². The average molecular weight is 187 g/mol. The van der Waals surface area contributed by atoms with Crippen LogP contribution < -0.4 is 0 Å². The lowest BCUT2D eigenvalue weighted by molar-refractivity contribution is 1.17. The standard InChI is InChI=1S/C14H19/c1-6-7-8-14-9-10(2)11(3)12(4)13(14)5/h7,9H,6H2,1-5H3. The number of rotatable bonds is 2. The molecule has 0 aliphatic rings. The molecule has 0 saturated carbocycles. The molecular weight excluding hydrogens is 168 g/mol. The van der Waals surface area contributed by atoms with Gasteiger partial charge in [0.25, 0.3) is 0 Å². The highest BCUT2D eigenvalue weighted by molar-refractivity contribution is 5.46. The molecule has 0 aliphatic carbocycles. The van der Waals surface area contributed by atoms with Crippen molar-refractivity contribution in [3.8, 4) is 0 Å². The molecule has 0 spiro atoms. The maximum Gasteiger partial charge on any atom is -0.0146 e. The van der Waals surface area contributed by atoms with Crippen LogP contribution in [0.15, 0.2) is 12.1 Å². The van der Waals surface area contributed by atoms with E-state index in [1.54, 1.807) is 0 Å². The first kappa shape index (κ1) is 11.0. The van der Waals surface area contributed by atoms with Crippen LogP contribution >= 0.6 is 0 Å². The zero-order valence-corrected chi connectivity index (χ0v) is 9.86. The molecule has 0 aliphatic heterocycles. The summed E-state index contributed by atoms with van der Waals surface area (Å²) >= 11 is 0. The second-order valence-corrected chi connectivity index (χ2v) is 3.87. The van der Waals surface area contributed by atoms with E-state index in [1.807, 2.05) is 0 Å².